The maximum atomic E-state index is 12.4. The number of hydrogen-bond donors (Lipinski definition) is 2. The van der Waals surface area contributed by atoms with Crippen molar-refractivity contribution in [1.29, 1.82) is 0 Å². The van der Waals surface area contributed by atoms with Gasteiger partial charge in [-0.2, -0.15) is 0 Å². The van der Waals surface area contributed by atoms with Crippen LogP contribution in [-0.4, -0.2) is 42.4 Å². The lowest BCUT2D eigenvalue weighted by Gasteiger charge is -2.22. The molecule has 2 aromatic rings. The van der Waals surface area contributed by atoms with Crippen LogP contribution >= 0.6 is 0 Å². The molecule has 154 valence electrons. The lowest BCUT2D eigenvalue weighted by molar-refractivity contribution is -0.134. The number of aryl methyl sites for hydroxylation is 2. The number of alkyl carbamates (subject to hydrolysis) is 1. The molecule has 2 rings (SSSR count). The van der Waals surface area contributed by atoms with Gasteiger partial charge in [-0.05, 0) is 43.5 Å². The molecule has 7 nitrogen and oxygen atoms in total. The largest absolute Gasteiger partial charge is 0.445 e. The molecule has 0 aliphatic rings. The van der Waals surface area contributed by atoms with Gasteiger partial charge >= 0.3 is 6.09 Å². The van der Waals surface area contributed by atoms with E-state index in [2.05, 4.69) is 10.6 Å². The highest BCUT2D eigenvalue weighted by molar-refractivity contribution is 5.96. The van der Waals surface area contributed by atoms with Crippen LogP contribution in [0.4, 0.5) is 10.5 Å². The first-order valence-corrected chi connectivity index (χ1v) is 9.35. The van der Waals surface area contributed by atoms with E-state index in [1.165, 1.54) is 11.9 Å². The van der Waals surface area contributed by atoms with Crippen LogP contribution in [0.5, 0.6) is 0 Å². The number of carbonyl (C=O) groups excluding carboxylic acids is 3. The van der Waals surface area contributed by atoms with Crippen molar-refractivity contribution >= 4 is 23.6 Å². The topological polar surface area (TPSA) is 87.7 Å². The van der Waals surface area contributed by atoms with Crippen LogP contribution in [0.3, 0.4) is 0 Å². The smallest absolute Gasteiger partial charge is 0.408 e. The third-order valence-corrected chi connectivity index (χ3v) is 4.34. The highest BCUT2D eigenvalue weighted by Gasteiger charge is 2.22. The molecule has 0 radical (unpaired) electrons. The summed E-state index contributed by atoms with van der Waals surface area (Å²) in [5, 5.41) is 5.30. The van der Waals surface area contributed by atoms with E-state index in [0.29, 0.717) is 5.69 Å². The zero-order valence-corrected chi connectivity index (χ0v) is 17.2. The summed E-state index contributed by atoms with van der Waals surface area (Å²) in [6, 6.07) is 14.2. The van der Waals surface area contributed by atoms with Gasteiger partial charge in [-0.3, -0.25) is 9.59 Å². The fourth-order valence-corrected chi connectivity index (χ4v) is 2.69. The predicted molar refractivity (Wildman–Crippen MR) is 111 cm³/mol. The van der Waals surface area contributed by atoms with Gasteiger partial charge in [0.25, 0.3) is 0 Å². The fourth-order valence-electron chi connectivity index (χ4n) is 2.69. The average molecular weight is 397 g/mol. The Labute approximate surface area is 171 Å². The number of carbonyl (C=O) groups is 3. The number of nitrogens with zero attached hydrogens (tertiary/aromatic N) is 1. The van der Waals surface area contributed by atoms with Gasteiger partial charge in [-0.15, -0.1) is 0 Å². The Bertz CT molecular complexity index is 868. The molecule has 0 fully saturated rings. The predicted octanol–water partition coefficient (Wildman–Crippen LogP) is 3.02. The van der Waals surface area contributed by atoms with Crippen molar-refractivity contribution in [2.75, 3.05) is 18.9 Å². The summed E-state index contributed by atoms with van der Waals surface area (Å²) in [5.74, 6) is -0.703. The standard InChI is InChI=1S/C22H27N3O4/c1-15-10-11-16(2)19(12-15)24-20(26)13-25(4)21(27)17(3)23-22(28)29-14-18-8-6-5-7-9-18/h5-12,17H,13-14H2,1-4H3,(H,23,28)(H,24,26)/t17-/m1/s1. The number of likely N-dealkylation sites (N-methyl/N-ethyl adjacent to an activating group) is 1. The van der Waals surface area contributed by atoms with Crippen LogP contribution in [0.25, 0.3) is 0 Å². The summed E-state index contributed by atoms with van der Waals surface area (Å²) in [7, 11) is 1.51. The number of ether oxygens (including phenoxy) is 1. The normalized spacial score (nSPS) is 11.3. The van der Waals surface area contributed by atoms with Crippen molar-refractivity contribution in [3.63, 3.8) is 0 Å². The first-order valence-electron chi connectivity index (χ1n) is 9.35. The van der Waals surface area contributed by atoms with Crippen LogP contribution in [0, 0.1) is 13.8 Å². The van der Waals surface area contributed by atoms with Crippen molar-refractivity contribution in [3.05, 3.63) is 65.2 Å². The minimum Gasteiger partial charge on any atom is -0.445 e. The summed E-state index contributed by atoms with van der Waals surface area (Å²) in [4.78, 5) is 37.9. The Morgan fingerprint density at radius 3 is 2.45 bits per heavy atom. The Kier molecular flexibility index (Phi) is 7.77. The molecule has 2 aromatic carbocycles. The maximum absolute atomic E-state index is 12.4. The molecule has 2 N–H and O–H groups in total. The third kappa shape index (κ3) is 6.95. The van der Waals surface area contributed by atoms with Gasteiger partial charge in [0.2, 0.25) is 11.8 Å². The van der Waals surface area contributed by atoms with Crippen molar-refractivity contribution in [2.45, 2.75) is 33.4 Å². The minimum atomic E-state index is -0.822. The van der Waals surface area contributed by atoms with E-state index < -0.39 is 18.0 Å². The van der Waals surface area contributed by atoms with E-state index in [-0.39, 0.29) is 19.1 Å². The zero-order chi connectivity index (χ0) is 21.4. The molecule has 29 heavy (non-hydrogen) atoms. The Morgan fingerprint density at radius 2 is 1.76 bits per heavy atom. The molecule has 0 heterocycles. The minimum absolute atomic E-state index is 0.113. The Hall–Kier alpha value is -3.35. The van der Waals surface area contributed by atoms with Crippen LogP contribution < -0.4 is 10.6 Å². The van der Waals surface area contributed by atoms with Gasteiger partial charge < -0.3 is 20.3 Å². The van der Waals surface area contributed by atoms with Gasteiger partial charge in [0.05, 0.1) is 6.54 Å². The Morgan fingerprint density at radius 1 is 1.07 bits per heavy atom. The summed E-state index contributed by atoms with van der Waals surface area (Å²) in [6.07, 6.45) is -0.692. The SMILES string of the molecule is Cc1ccc(C)c(NC(=O)CN(C)C(=O)[C@@H](C)NC(=O)OCc2ccccc2)c1. The van der Waals surface area contributed by atoms with E-state index >= 15 is 0 Å². The van der Waals surface area contributed by atoms with E-state index in [1.54, 1.807) is 6.92 Å². The number of benzene rings is 2. The van der Waals surface area contributed by atoms with E-state index in [1.807, 2.05) is 62.4 Å². The van der Waals surface area contributed by atoms with Crippen LogP contribution in [0.1, 0.15) is 23.6 Å². The van der Waals surface area contributed by atoms with E-state index in [4.69, 9.17) is 4.74 Å². The van der Waals surface area contributed by atoms with Crippen molar-refractivity contribution < 1.29 is 19.1 Å². The highest BCUT2D eigenvalue weighted by Crippen LogP contribution is 2.16. The number of rotatable bonds is 7. The summed E-state index contributed by atoms with van der Waals surface area (Å²) in [6.45, 7) is 5.37. The number of nitrogens with one attached hydrogen (secondary N) is 2. The molecular formula is C22H27N3O4. The summed E-state index contributed by atoms with van der Waals surface area (Å²) >= 11 is 0. The lowest BCUT2D eigenvalue weighted by atomic mass is 10.1. The zero-order valence-electron chi connectivity index (χ0n) is 17.2. The average Bonchev–Trinajstić information content (AvgIpc) is 2.69. The molecule has 1 atom stereocenters. The molecule has 0 aromatic heterocycles. The van der Waals surface area contributed by atoms with Crippen molar-refractivity contribution in [3.8, 4) is 0 Å². The van der Waals surface area contributed by atoms with Gasteiger partial charge in [-0.1, -0.05) is 42.5 Å². The highest BCUT2D eigenvalue weighted by atomic mass is 16.5. The second-order valence-electron chi connectivity index (χ2n) is 6.99. The molecule has 0 unspecified atom stereocenters. The summed E-state index contributed by atoms with van der Waals surface area (Å²) in [5.41, 5.74) is 3.53. The first-order chi connectivity index (χ1) is 13.8. The van der Waals surface area contributed by atoms with Crippen LogP contribution in [-0.2, 0) is 20.9 Å². The molecule has 3 amide bonds. The number of anilines is 1. The molecule has 0 bridgehead atoms. The molecule has 7 heteroatoms. The van der Waals surface area contributed by atoms with Gasteiger partial charge in [0.15, 0.2) is 0 Å². The second-order valence-corrected chi connectivity index (χ2v) is 6.99. The van der Waals surface area contributed by atoms with Gasteiger partial charge in [-0.25, -0.2) is 4.79 Å². The molecule has 0 aliphatic carbocycles. The first kappa shape index (κ1) is 21.9. The number of hydrogen-bond acceptors (Lipinski definition) is 4. The molecular weight excluding hydrogens is 370 g/mol. The van der Waals surface area contributed by atoms with Crippen LogP contribution in [0.2, 0.25) is 0 Å². The quantitative estimate of drug-likeness (QED) is 0.752. The van der Waals surface area contributed by atoms with Crippen LogP contribution in [0.15, 0.2) is 48.5 Å². The Balaban J connectivity index is 1.81. The lowest BCUT2D eigenvalue weighted by Crippen LogP contribution is -2.47. The monoisotopic (exact) mass is 397 g/mol. The second kappa shape index (κ2) is 10.3. The number of amides is 3. The molecule has 0 saturated carbocycles. The maximum Gasteiger partial charge on any atom is 0.408 e. The van der Waals surface area contributed by atoms with E-state index in [0.717, 1.165) is 16.7 Å². The van der Waals surface area contributed by atoms with Gasteiger partial charge in [0.1, 0.15) is 12.6 Å². The fraction of sp³-hybridized carbons (Fsp3) is 0.318. The van der Waals surface area contributed by atoms with E-state index in [9.17, 15) is 14.4 Å². The molecule has 0 aliphatic heterocycles. The summed E-state index contributed by atoms with van der Waals surface area (Å²) < 4.78 is 5.11. The molecule has 0 saturated heterocycles. The molecule has 0 spiro atoms. The van der Waals surface area contributed by atoms with Gasteiger partial charge in [0, 0.05) is 12.7 Å². The van der Waals surface area contributed by atoms with Crippen molar-refractivity contribution in [1.82, 2.24) is 10.2 Å². The third-order valence-electron chi connectivity index (χ3n) is 4.34. The van der Waals surface area contributed by atoms with Crippen molar-refractivity contribution in [2.24, 2.45) is 0 Å².